The molecular formula is C13H12N4O2S2. The number of rotatable bonds is 5. The molecular weight excluding hydrogens is 308 g/mol. The molecule has 3 rings (SSSR count). The number of fused-ring (bicyclic) bond motifs is 1. The second kappa shape index (κ2) is 6.23. The molecule has 6 nitrogen and oxygen atoms in total. The number of nitrogens with zero attached hydrogens (tertiary/aromatic N) is 3. The van der Waals surface area contributed by atoms with E-state index in [0.717, 1.165) is 15.5 Å². The van der Waals surface area contributed by atoms with Crippen LogP contribution in [0.1, 0.15) is 12.6 Å². The SMILES string of the molecule is CCSc1nnc(NC(=O)Cc2noc3ccccc23)s1. The monoisotopic (exact) mass is 320 g/mol. The molecule has 3 aromatic rings. The standard InChI is InChI=1S/C13H12N4O2S2/c1-2-20-13-16-15-12(21-13)14-11(18)7-9-8-5-3-4-6-10(8)19-17-9/h3-6H,2,7H2,1H3,(H,14,15,18). The highest BCUT2D eigenvalue weighted by atomic mass is 32.2. The summed E-state index contributed by atoms with van der Waals surface area (Å²) in [6.45, 7) is 2.04. The number of carbonyl (C=O) groups is 1. The normalized spacial score (nSPS) is 10.9. The van der Waals surface area contributed by atoms with Gasteiger partial charge in [-0.15, -0.1) is 10.2 Å². The maximum absolute atomic E-state index is 12.0. The van der Waals surface area contributed by atoms with Gasteiger partial charge in [0.15, 0.2) is 9.92 Å². The minimum Gasteiger partial charge on any atom is -0.356 e. The summed E-state index contributed by atoms with van der Waals surface area (Å²) in [5.74, 6) is 0.742. The smallest absolute Gasteiger partial charge is 0.232 e. The molecule has 2 aromatic heterocycles. The summed E-state index contributed by atoms with van der Waals surface area (Å²) in [5.41, 5.74) is 1.30. The third-order valence-electron chi connectivity index (χ3n) is 2.70. The van der Waals surface area contributed by atoms with Gasteiger partial charge in [-0.25, -0.2) is 0 Å². The van der Waals surface area contributed by atoms with Crippen LogP contribution in [0.25, 0.3) is 11.0 Å². The largest absolute Gasteiger partial charge is 0.356 e. The lowest BCUT2D eigenvalue weighted by Gasteiger charge is -1.98. The van der Waals surface area contributed by atoms with Crippen LogP contribution in [0.15, 0.2) is 33.1 Å². The molecule has 0 aliphatic rings. The lowest BCUT2D eigenvalue weighted by Crippen LogP contribution is -2.14. The highest BCUT2D eigenvalue weighted by Gasteiger charge is 2.14. The Morgan fingerprint density at radius 2 is 2.24 bits per heavy atom. The van der Waals surface area contributed by atoms with Crippen LogP contribution in [-0.2, 0) is 11.2 Å². The molecule has 0 fully saturated rings. The number of hydrogen-bond acceptors (Lipinski definition) is 7. The Kier molecular flexibility index (Phi) is 4.16. The molecule has 21 heavy (non-hydrogen) atoms. The third-order valence-corrected chi connectivity index (χ3v) is 4.55. The number of anilines is 1. The van der Waals surface area contributed by atoms with E-state index in [1.54, 1.807) is 11.8 Å². The third kappa shape index (κ3) is 3.22. The van der Waals surface area contributed by atoms with Crippen LogP contribution in [0.4, 0.5) is 5.13 Å². The van der Waals surface area contributed by atoms with Crippen molar-refractivity contribution in [3.63, 3.8) is 0 Å². The molecule has 1 N–H and O–H groups in total. The molecule has 8 heteroatoms. The summed E-state index contributed by atoms with van der Waals surface area (Å²) < 4.78 is 6.02. The molecule has 0 spiro atoms. The summed E-state index contributed by atoms with van der Waals surface area (Å²) in [5, 5.41) is 16.0. The van der Waals surface area contributed by atoms with E-state index in [1.165, 1.54) is 11.3 Å². The Hall–Kier alpha value is -1.93. The van der Waals surface area contributed by atoms with Crippen LogP contribution >= 0.6 is 23.1 Å². The van der Waals surface area contributed by atoms with Crippen molar-refractivity contribution in [2.45, 2.75) is 17.7 Å². The molecule has 0 unspecified atom stereocenters. The van der Waals surface area contributed by atoms with Crippen molar-refractivity contribution in [1.82, 2.24) is 15.4 Å². The first-order chi connectivity index (χ1) is 10.3. The van der Waals surface area contributed by atoms with E-state index in [-0.39, 0.29) is 12.3 Å². The van der Waals surface area contributed by atoms with Crippen LogP contribution in [0.2, 0.25) is 0 Å². The van der Waals surface area contributed by atoms with Crippen molar-refractivity contribution in [1.29, 1.82) is 0 Å². The Bertz CT molecular complexity index is 768. The van der Waals surface area contributed by atoms with Crippen molar-refractivity contribution >= 4 is 45.1 Å². The summed E-state index contributed by atoms with van der Waals surface area (Å²) in [6.07, 6.45) is 0.146. The lowest BCUT2D eigenvalue weighted by molar-refractivity contribution is -0.115. The minimum atomic E-state index is -0.182. The Morgan fingerprint density at radius 1 is 1.38 bits per heavy atom. The van der Waals surface area contributed by atoms with Crippen LogP contribution < -0.4 is 5.32 Å². The number of para-hydroxylation sites is 1. The van der Waals surface area contributed by atoms with Gasteiger partial charge in [0, 0.05) is 5.39 Å². The number of benzene rings is 1. The van der Waals surface area contributed by atoms with E-state index in [2.05, 4.69) is 20.7 Å². The van der Waals surface area contributed by atoms with E-state index in [1.807, 2.05) is 31.2 Å². The van der Waals surface area contributed by atoms with Crippen LogP contribution in [0.3, 0.4) is 0 Å². The van der Waals surface area contributed by atoms with Gasteiger partial charge in [-0.05, 0) is 17.9 Å². The van der Waals surface area contributed by atoms with E-state index in [4.69, 9.17) is 4.52 Å². The second-order valence-electron chi connectivity index (χ2n) is 4.16. The Morgan fingerprint density at radius 3 is 3.10 bits per heavy atom. The Labute approximate surface area is 128 Å². The van der Waals surface area contributed by atoms with Crippen LogP contribution in [-0.4, -0.2) is 27.0 Å². The fourth-order valence-corrected chi connectivity index (χ4v) is 3.49. The predicted molar refractivity (Wildman–Crippen MR) is 82.6 cm³/mol. The van der Waals surface area contributed by atoms with Gasteiger partial charge < -0.3 is 9.84 Å². The maximum atomic E-state index is 12.0. The maximum Gasteiger partial charge on any atom is 0.232 e. The average Bonchev–Trinajstić information content (AvgIpc) is 3.07. The molecule has 0 saturated carbocycles. The van der Waals surface area contributed by atoms with Gasteiger partial charge in [0.25, 0.3) is 0 Å². The molecule has 0 aliphatic heterocycles. The van der Waals surface area contributed by atoms with Gasteiger partial charge in [0.1, 0.15) is 5.69 Å². The fourth-order valence-electron chi connectivity index (χ4n) is 1.82. The first kappa shape index (κ1) is 14.0. The fraction of sp³-hybridized carbons (Fsp3) is 0.231. The number of hydrogen-bond donors (Lipinski definition) is 1. The first-order valence-corrected chi connectivity index (χ1v) is 8.16. The zero-order chi connectivity index (χ0) is 14.7. The van der Waals surface area contributed by atoms with Crippen molar-refractivity contribution < 1.29 is 9.32 Å². The highest BCUT2D eigenvalue weighted by Crippen LogP contribution is 2.25. The minimum absolute atomic E-state index is 0.146. The predicted octanol–water partition coefficient (Wildman–Crippen LogP) is 2.97. The van der Waals surface area contributed by atoms with Gasteiger partial charge in [-0.2, -0.15) is 0 Å². The lowest BCUT2D eigenvalue weighted by atomic mass is 10.2. The van der Waals surface area contributed by atoms with E-state index in [9.17, 15) is 4.79 Å². The topological polar surface area (TPSA) is 80.9 Å². The average molecular weight is 320 g/mol. The first-order valence-electron chi connectivity index (χ1n) is 6.35. The number of carbonyl (C=O) groups excluding carboxylic acids is 1. The molecule has 0 aliphatic carbocycles. The molecule has 0 saturated heterocycles. The van der Waals surface area contributed by atoms with Crippen molar-refractivity contribution in [2.24, 2.45) is 0 Å². The molecule has 1 aromatic carbocycles. The van der Waals surface area contributed by atoms with Crippen molar-refractivity contribution in [2.75, 3.05) is 11.1 Å². The molecule has 1 amide bonds. The number of amides is 1. The molecule has 0 bridgehead atoms. The van der Waals surface area contributed by atoms with Gasteiger partial charge in [0.2, 0.25) is 11.0 Å². The summed E-state index contributed by atoms with van der Waals surface area (Å²) in [7, 11) is 0. The molecule has 108 valence electrons. The van der Waals surface area contributed by atoms with Gasteiger partial charge in [-0.1, -0.05) is 47.3 Å². The van der Waals surface area contributed by atoms with Crippen molar-refractivity contribution in [3.05, 3.63) is 30.0 Å². The summed E-state index contributed by atoms with van der Waals surface area (Å²) in [6, 6.07) is 7.46. The highest BCUT2D eigenvalue weighted by molar-refractivity contribution is 8.01. The number of aromatic nitrogens is 3. The molecule has 2 heterocycles. The zero-order valence-corrected chi connectivity index (χ0v) is 12.8. The van der Waals surface area contributed by atoms with Gasteiger partial charge in [0.05, 0.1) is 6.42 Å². The summed E-state index contributed by atoms with van der Waals surface area (Å²) >= 11 is 2.96. The number of nitrogens with one attached hydrogen (secondary N) is 1. The van der Waals surface area contributed by atoms with Crippen LogP contribution in [0, 0.1) is 0 Å². The number of thioether (sulfide) groups is 1. The molecule has 0 radical (unpaired) electrons. The second-order valence-corrected chi connectivity index (χ2v) is 6.65. The van der Waals surface area contributed by atoms with E-state index < -0.39 is 0 Å². The quantitative estimate of drug-likeness (QED) is 0.575. The molecule has 0 atom stereocenters. The van der Waals surface area contributed by atoms with E-state index >= 15 is 0 Å². The van der Waals surface area contributed by atoms with Crippen molar-refractivity contribution in [3.8, 4) is 0 Å². The zero-order valence-electron chi connectivity index (χ0n) is 11.2. The van der Waals surface area contributed by atoms with Gasteiger partial charge >= 0.3 is 0 Å². The van der Waals surface area contributed by atoms with Gasteiger partial charge in [-0.3, -0.25) is 4.79 Å². The Balaban J connectivity index is 1.68. The van der Waals surface area contributed by atoms with Crippen LogP contribution in [0.5, 0.6) is 0 Å². The van der Waals surface area contributed by atoms with E-state index in [0.29, 0.717) is 16.4 Å². The summed E-state index contributed by atoms with van der Waals surface area (Å²) in [4.78, 5) is 12.0.